The first-order valence-electron chi connectivity index (χ1n) is 7.22. The van der Waals surface area contributed by atoms with Crippen LogP contribution in [0.3, 0.4) is 0 Å². The average molecular weight is 285 g/mol. The van der Waals surface area contributed by atoms with E-state index < -0.39 is 5.60 Å². The molecule has 20 heavy (non-hydrogen) atoms. The molecule has 1 fully saturated rings. The molecule has 1 aliphatic rings. The third-order valence-corrected chi connectivity index (χ3v) is 2.90. The lowest BCUT2D eigenvalue weighted by atomic mass is 10.1. The van der Waals surface area contributed by atoms with Crippen LogP contribution in [-0.4, -0.2) is 47.8 Å². The van der Waals surface area contributed by atoms with Crippen LogP contribution in [0.4, 0.5) is 9.59 Å². The smallest absolute Gasteiger partial charge is 0.410 e. The Hall–Kier alpha value is -1.46. The Morgan fingerprint density at radius 2 is 1.75 bits per heavy atom. The van der Waals surface area contributed by atoms with E-state index >= 15 is 0 Å². The number of nitrogens with zero attached hydrogens (tertiary/aromatic N) is 1. The summed E-state index contributed by atoms with van der Waals surface area (Å²) in [4.78, 5) is 25.2. The highest BCUT2D eigenvalue weighted by molar-refractivity contribution is 5.74. The molecule has 0 aromatic carbocycles. The number of piperidine rings is 1. The molecule has 3 amide bonds. The van der Waals surface area contributed by atoms with E-state index in [-0.39, 0.29) is 24.2 Å². The highest BCUT2D eigenvalue weighted by Crippen LogP contribution is 2.15. The zero-order valence-electron chi connectivity index (χ0n) is 13.2. The van der Waals surface area contributed by atoms with E-state index in [0.29, 0.717) is 13.1 Å². The molecule has 0 spiro atoms. The maximum absolute atomic E-state index is 11.9. The third kappa shape index (κ3) is 6.12. The van der Waals surface area contributed by atoms with Crippen LogP contribution >= 0.6 is 0 Å². The summed E-state index contributed by atoms with van der Waals surface area (Å²) in [6, 6.07) is 0.0972. The minimum atomic E-state index is -0.469. The Labute approximate surface area is 121 Å². The average Bonchev–Trinajstić information content (AvgIpc) is 2.26. The zero-order valence-corrected chi connectivity index (χ0v) is 13.2. The fourth-order valence-corrected chi connectivity index (χ4v) is 2.02. The largest absolute Gasteiger partial charge is 0.444 e. The van der Waals surface area contributed by atoms with Gasteiger partial charge in [-0.25, -0.2) is 9.59 Å². The number of urea groups is 1. The Bertz CT molecular complexity index is 342. The molecule has 1 heterocycles. The predicted octanol–water partition coefficient (Wildman–Crippen LogP) is 2.09. The molecule has 116 valence electrons. The van der Waals surface area contributed by atoms with Crippen molar-refractivity contribution in [1.29, 1.82) is 0 Å². The Kier molecular flexibility index (Phi) is 5.65. The molecule has 0 radical (unpaired) electrons. The monoisotopic (exact) mass is 285 g/mol. The van der Waals surface area contributed by atoms with Gasteiger partial charge in [0.25, 0.3) is 0 Å². The number of ether oxygens (including phenoxy) is 1. The summed E-state index contributed by atoms with van der Waals surface area (Å²) in [5, 5.41) is 5.73. The Morgan fingerprint density at radius 1 is 1.20 bits per heavy atom. The lowest BCUT2D eigenvalue weighted by Crippen LogP contribution is -2.50. The first-order valence-corrected chi connectivity index (χ1v) is 7.22. The van der Waals surface area contributed by atoms with Crippen LogP contribution in [-0.2, 0) is 4.74 Å². The number of hydrogen-bond acceptors (Lipinski definition) is 3. The van der Waals surface area contributed by atoms with Crippen LogP contribution in [0.25, 0.3) is 0 Å². The lowest BCUT2D eigenvalue weighted by Gasteiger charge is -2.33. The van der Waals surface area contributed by atoms with Gasteiger partial charge >= 0.3 is 12.1 Å². The Morgan fingerprint density at radius 3 is 2.20 bits per heavy atom. The summed E-state index contributed by atoms with van der Waals surface area (Å²) in [6.07, 6.45) is 1.23. The predicted molar refractivity (Wildman–Crippen MR) is 77.6 cm³/mol. The van der Waals surface area contributed by atoms with Gasteiger partial charge in [-0.15, -0.1) is 0 Å². The second kappa shape index (κ2) is 6.81. The van der Waals surface area contributed by atoms with Gasteiger partial charge in [-0.05, 0) is 47.5 Å². The van der Waals surface area contributed by atoms with E-state index in [2.05, 4.69) is 10.6 Å². The van der Waals surface area contributed by atoms with Crippen molar-refractivity contribution in [2.45, 2.75) is 65.1 Å². The van der Waals surface area contributed by atoms with Crippen LogP contribution < -0.4 is 10.6 Å². The number of likely N-dealkylation sites (tertiary alicyclic amines) is 1. The van der Waals surface area contributed by atoms with E-state index in [9.17, 15) is 9.59 Å². The van der Waals surface area contributed by atoms with Gasteiger partial charge in [0.1, 0.15) is 5.60 Å². The SMILES string of the molecule is CC(C)NC(=O)NC1CCN(C(=O)OC(C)(C)C)CC1. The first-order chi connectivity index (χ1) is 9.17. The summed E-state index contributed by atoms with van der Waals surface area (Å²) >= 11 is 0. The van der Waals surface area contributed by atoms with Gasteiger partial charge in [0.2, 0.25) is 0 Å². The van der Waals surface area contributed by atoms with E-state index in [1.165, 1.54) is 0 Å². The van der Waals surface area contributed by atoms with Gasteiger partial charge in [0.05, 0.1) is 0 Å². The molecule has 2 N–H and O–H groups in total. The van der Waals surface area contributed by atoms with Crippen molar-refractivity contribution in [3.63, 3.8) is 0 Å². The molecule has 0 aromatic rings. The minimum absolute atomic E-state index is 0.118. The second-order valence-electron chi connectivity index (χ2n) is 6.51. The van der Waals surface area contributed by atoms with Crippen LogP contribution in [0.2, 0.25) is 0 Å². The van der Waals surface area contributed by atoms with Crippen molar-refractivity contribution in [2.24, 2.45) is 0 Å². The van der Waals surface area contributed by atoms with E-state index in [0.717, 1.165) is 12.8 Å². The fraction of sp³-hybridized carbons (Fsp3) is 0.857. The molecule has 0 saturated carbocycles. The molecule has 0 atom stereocenters. The van der Waals surface area contributed by atoms with Gasteiger partial charge in [-0.2, -0.15) is 0 Å². The second-order valence-corrected chi connectivity index (χ2v) is 6.51. The highest BCUT2D eigenvalue weighted by Gasteiger charge is 2.27. The van der Waals surface area contributed by atoms with Gasteiger partial charge in [0.15, 0.2) is 0 Å². The first kappa shape index (κ1) is 16.6. The molecule has 6 nitrogen and oxygen atoms in total. The van der Waals surface area contributed by atoms with Crippen LogP contribution in [0.1, 0.15) is 47.5 Å². The van der Waals surface area contributed by atoms with E-state index in [1.54, 1.807) is 4.90 Å². The molecule has 1 aliphatic heterocycles. The van der Waals surface area contributed by atoms with Crippen LogP contribution in [0.15, 0.2) is 0 Å². The van der Waals surface area contributed by atoms with E-state index in [1.807, 2.05) is 34.6 Å². The number of hydrogen-bond donors (Lipinski definition) is 2. The highest BCUT2D eigenvalue weighted by atomic mass is 16.6. The molecule has 0 aliphatic carbocycles. The molecular weight excluding hydrogens is 258 g/mol. The molecule has 1 rings (SSSR count). The standard InChI is InChI=1S/C14H27N3O3/c1-10(2)15-12(18)16-11-6-8-17(9-7-11)13(19)20-14(3,4)5/h10-11H,6-9H2,1-5H3,(H2,15,16,18). The molecule has 1 saturated heterocycles. The fourth-order valence-electron chi connectivity index (χ4n) is 2.02. The van der Waals surface area contributed by atoms with Gasteiger partial charge in [-0.1, -0.05) is 0 Å². The number of carbonyl (C=O) groups excluding carboxylic acids is 2. The van der Waals surface area contributed by atoms with Crippen molar-refractivity contribution >= 4 is 12.1 Å². The van der Waals surface area contributed by atoms with Crippen LogP contribution in [0, 0.1) is 0 Å². The van der Waals surface area contributed by atoms with Crippen molar-refractivity contribution in [3.05, 3.63) is 0 Å². The van der Waals surface area contributed by atoms with Crippen LogP contribution in [0.5, 0.6) is 0 Å². The Balaban J connectivity index is 2.33. The van der Waals surface area contributed by atoms with Crippen molar-refractivity contribution < 1.29 is 14.3 Å². The van der Waals surface area contributed by atoms with Gasteiger partial charge in [0, 0.05) is 25.2 Å². The molecule has 0 bridgehead atoms. The van der Waals surface area contributed by atoms with Gasteiger partial charge < -0.3 is 20.3 Å². The summed E-state index contributed by atoms with van der Waals surface area (Å²) in [5.41, 5.74) is -0.469. The molecular formula is C14H27N3O3. The quantitative estimate of drug-likeness (QED) is 0.816. The van der Waals surface area contributed by atoms with Gasteiger partial charge in [-0.3, -0.25) is 0 Å². The molecule has 0 unspecified atom stereocenters. The normalized spacial score (nSPS) is 17.0. The number of amides is 3. The van der Waals surface area contributed by atoms with Crippen molar-refractivity contribution in [3.8, 4) is 0 Å². The number of carbonyl (C=O) groups is 2. The zero-order chi connectivity index (χ0) is 15.3. The number of nitrogens with one attached hydrogen (secondary N) is 2. The number of rotatable bonds is 2. The van der Waals surface area contributed by atoms with Crippen molar-refractivity contribution in [2.75, 3.05) is 13.1 Å². The molecule has 0 aromatic heterocycles. The maximum atomic E-state index is 11.9. The summed E-state index contributed by atoms with van der Waals surface area (Å²) in [5.74, 6) is 0. The summed E-state index contributed by atoms with van der Waals surface area (Å²) in [7, 11) is 0. The third-order valence-electron chi connectivity index (χ3n) is 2.90. The lowest BCUT2D eigenvalue weighted by molar-refractivity contribution is 0.0201. The topological polar surface area (TPSA) is 70.7 Å². The summed E-state index contributed by atoms with van der Waals surface area (Å²) < 4.78 is 5.33. The van der Waals surface area contributed by atoms with E-state index in [4.69, 9.17) is 4.74 Å². The molecule has 6 heteroatoms. The van der Waals surface area contributed by atoms with Crippen molar-refractivity contribution in [1.82, 2.24) is 15.5 Å². The summed E-state index contributed by atoms with van der Waals surface area (Å²) in [6.45, 7) is 10.6. The minimum Gasteiger partial charge on any atom is -0.444 e. The maximum Gasteiger partial charge on any atom is 0.410 e.